The van der Waals surface area contributed by atoms with Gasteiger partial charge in [0.05, 0.1) is 19.3 Å². The maximum absolute atomic E-state index is 12.0. The molecule has 2 amide bonds. The summed E-state index contributed by atoms with van der Waals surface area (Å²) in [5.41, 5.74) is 7.49. The first-order chi connectivity index (χ1) is 14.0. The molecule has 0 saturated carbocycles. The molecule has 0 radical (unpaired) electrons. The van der Waals surface area contributed by atoms with Crippen molar-refractivity contribution in [2.75, 3.05) is 20.3 Å². The fourth-order valence-corrected chi connectivity index (χ4v) is 2.98. The largest absolute Gasteiger partial charge is 0.493 e. The average Bonchev–Trinajstić information content (AvgIpc) is 3.18. The summed E-state index contributed by atoms with van der Waals surface area (Å²) in [4.78, 5) is 31.8. The Bertz CT molecular complexity index is 1090. The molecule has 0 fully saturated rings. The van der Waals surface area contributed by atoms with Crippen LogP contribution in [0, 0.1) is 0 Å². The number of hydrogen-bond donors (Lipinski definition) is 2. The molecule has 10 nitrogen and oxygen atoms in total. The number of aromatic nitrogens is 4. The van der Waals surface area contributed by atoms with Crippen LogP contribution in [0.3, 0.4) is 0 Å². The van der Waals surface area contributed by atoms with E-state index in [4.69, 9.17) is 15.2 Å². The number of primary amides is 1. The number of rotatable bonds is 6. The minimum absolute atomic E-state index is 0.152. The van der Waals surface area contributed by atoms with Crippen molar-refractivity contribution in [2.24, 2.45) is 5.73 Å². The van der Waals surface area contributed by atoms with Crippen molar-refractivity contribution in [1.29, 1.82) is 0 Å². The highest BCUT2D eigenvalue weighted by Gasteiger charge is 2.20. The molecule has 3 N–H and O–H groups in total. The zero-order valence-corrected chi connectivity index (χ0v) is 15.6. The summed E-state index contributed by atoms with van der Waals surface area (Å²) in [6.07, 6.45) is 1.63. The molecule has 0 atom stereocenters. The van der Waals surface area contributed by atoms with Crippen molar-refractivity contribution in [2.45, 2.75) is 6.54 Å². The molecule has 1 aromatic carbocycles. The van der Waals surface area contributed by atoms with Gasteiger partial charge in [0.25, 0.3) is 11.8 Å². The van der Waals surface area contributed by atoms with Gasteiger partial charge in [0.2, 0.25) is 0 Å². The van der Waals surface area contributed by atoms with E-state index in [9.17, 15) is 9.59 Å². The highest BCUT2D eigenvalue weighted by molar-refractivity contribution is 5.94. The summed E-state index contributed by atoms with van der Waals surface area (Å²) in [7, 11) is 1.49. The topological polar surface area (TPSA) is 134 Å². The van der Waals surface area contributed by atoms with Gasteiger partial charge in [0.1, 0.15) is 11.4 Å². The van der Waals surface area contributed by atoms with Crippen LogP contribution in [-0.4, -0.2) is 51.8 Å². The Labute approximate surface area is 165 Å². The molecule has 0 saturated heterocycles. The smallest absolute Gasteiger partial charge is 0.269 e. The van der Waals surface area contributed by atoms with Gasteiger partial charge in [-0.25, -0.2) is 9.97 Å². The van der Waals surface area contributed by atoms with Crippen molar-refractivity contribution in [3.8, 4) is 34.3 Å². The number of nitrogens with one attached hydrogen (secondary N) is 1. The van der Waals surface area contributed by atoms with E-state index in [1.165, 1.54) is 7.11 Å². The van der Waals surface area contributed by atoms with Crippen LogP contribution in [0.25, 0.3) is 22.8 Å². The lowest BCUT2D eigenvalue weighted by Crippen LogP contribution is -2.35. The number of nitrogens with zero attached hydrogens (tertiary/aromatic N) is 4. The Kier molecular flexibility index (Phi) is 4.82. The number of hydrogen-bond acceptors (Lipinski definition) is 7. The molecule has 4 rings (SSSR count). The summed E-state index contributed by atoms with van der Waals surface area (Å²) < 4.78 is 12.3. The van der Waals surface area contributed by atoms with E-state index in [0.717, 1.165) is 0 Å². The van der Waals surface area contributed by atoms with E-state index in [-0.39, 0.29) is 12.5 Å². The van der Waals surface area contributed by atoms with Gasteiger partial charge in [-0.2, -0.15) is 5.10 Å². The molecule has 29 heavy (non-hydrogen) atoms. The summed E-state index contributed by atoms with van der Waals surface area (Å²) in [6.45, 7) is 0.912. The van der Waals surface area contributed by atoms with Crippen molar-refractivity contribution in [1.82, 2.24) is 25.1 Å². The van der Waals surface area contributed by atoms with E-state index < -0.39 is 5.91 Å². The SMILES string of the molecule is COc1cc(-c2nccc(-c3cc4n(n3)CCNC4=O)n2)ccc1OCC(N)=O. The standard InChI is InChI=1S/C19H18N6O4/c1-28-16-8-11(2-3-15(16)29-10-17(20)26)18-21-5-4-12(23-18)13-9-14-19(27)22-6-7-25(14)24-13/h2-5,8-9H,6-7,10H2,1H3,(H2,20,26)(H,22,27). The van der Waals surface area contributed by atoms with Crippen LogP contribution < -0.4 is 20.5 Å². The zero-order chi connectivity index (χ0) is 20.4. The van der Waals surface area contributed by atoms with Crippen molar-refractivity contribution >= 4 is 11.8 Å². The fraction of sp³-hybridized carbons (Fsp3) is 0.211. The van der Waals surface area contributed by atoms with Gasteiger partial charge in [-0.15, -0.1) is 0 Å². The van der Waals surface area contributed by atoms with Crippen LogP contribution in [0.5, 0.6) is 11.5 Å². The van der Waals surface area contributed by atoms with E-state index in [2.05, 4.69) is 20.4 Å². The van der Waals surface area contributed by atoms with Crippen LogP contribution in [0.4, 0.5) is 0 Å². The number of amides is 2. The van der Waals surface area contributed by atoms with Gasteiger partial charge >= 0.3 is 0 Å². The summed E-state index contributed by atoms with van der Waals surface area (Å²) in [5, 5.41) is 7.26. The first kappa shape index (κ1) is 18.4. The number of ether oxygens (including phenoxy) is 2. The Morgan fingerprint density at radius 3 is 2.86 bits per heavy atom. The molecule has 2 aromatic heterocycles. The van der Waals surface area contributed by atoms with Gasteiger partial charge in [0.15, 0.2) is 23.9 Å². The number of nitrogens with two attached hydrogens (primary N) is 1. The van der Waals surface area contributed by atoms with Gasteiger partial charge in [-0.1, -0.05) is 0 Å². The molecule has 0 unspecified atom stereocenters. The lowest BCUT2D eigenvalue weighted by atomic mass is 10.1. The molecular formula is C19H18N6O4. The number of fused-ring (bicyclic) bond motifs is 1. The van der Waals surface area contributed by atoms with Gasteiger partial charge in [-0.3, -0.25) is 14.3 Å². The van der Waals surface area contributed by atoms with Gasteiger partial charge < -0.3 is 20.5 Å². The number of methoxy groups -OCH3 is 1. The lowest BCUT2D eigenvalue weighted by Gasteiger charge is -2.13. The molecule has 1 aliphatic heterocycles. The van der Waals surface area contributed by atoms with Crippen molar-refractivity contribution in [3.05, 3.63) is 42.2 Å². The van der Waals surface area contributed by atoms with Crippen LogP contribution in [0.15, 0.2) is 36.5 Å². The van der Waals surface area contributed by atoms with E-state index >= 15 is 0 Å². The van der Waals surface area contributed by atoms with E-state index in [1.54, 1.807) is 41.2 Å². The Hall–Kier alpha value is -3.95. The Balaban J connectivity index is 1.65. The first-order valence-electron chi connectivity index (χ1n) is 8.84. The third-order valence-corrected chi connectivity index (χ3v) is 4.33. The third kappa shape index (κ3) is 3.72. The molecule has 0 bridgehead atoms. The quantitative estimate of drug-likeness (QED) is 0.626. The predicted octanol–water partition coefficient (Wildman–Crippen LogP) is 0.623. The molecule has 148 valence electrons. The zero-order valence-electron chi connectivity index (χ0n) is 15.6. The van der Waals surface area contributed by atoms with E-state index in [1.807, 2.05) is 0 Å². The second kappa shape index (κ2) is 7.58. The van der Waals surface area contributed by atoms with Crippen molar-refractivity contribution < 1.29 is 19.1 Å². The highest BCUT2D eigenvalue weighted by Crippen LogP contribution is 2.32. The monoisotopic (exact) mass is 394 g/mol. The second-order valence-electron chi connectivity index (χ2n) is 6.28. The Morgan fingerprint density at radius 2 is 2.10 bits per heavy atom. The molecule has 10 heteroatoms. The number of carbonyl (C=O) groups excluding carboxylic acids is 2. The Morgan fingerprint density at radius 1 is 1.24 bits per heavy atom. The third-order valence-electron chi connectivity index (χ3n) is 4.33. The number of carbonyl (C=O) groups is 2. The van der Waals surface area contributed by atoms with Gasteiger partial charge in [0, 0.05) is 18.3 Å². The van der Waals surface area contributed by atoms with E-state index in [0.29, 0.717) is 53.1 Å². The maximum Gasteiger partial charge on any atom is 0.269 e. The molecule has 0 spiro atoms. The molecule has 1 aliphatic rings. The molecular weight excluding hydrogens is 376 g/mol. The molecule has 3 aromatic rings. The van der Waals surface area contributed by atoms with Crippen LogP contribution in [-0.2, 0) is 11.3 Å². The van der Waals surface area contributed by atoms with Gasteiger partial charge in [-0.05, 0) is 30.3 Å². The highest BCUT2D eigenvalue weighted by atomic mass is 16.5. The lowest BCUT2D eigenvalue weighted by molar-refractivity contribution is -0.119. The van der Waals surface area contributed by atoms with Crippen LogP contribution in [0.2, 0.25) is 0 Å². The normalized spacial score (nSPS) is 12.8. The summed E-state index contributed by atoms with van der Waals surface area (Å²) in [6, 6.07) is 8.57. The van der Waals surface area contributed by atoms with Crippen molar-refractivity contribution in [3.63, 3.8) is 0 Å². The maximum atomic E-state index is 12.0. The molecule has 3 heterocycles. The predicted molar refractivity (Wildman–Crippen MR) is 102 cm³/mol. The summed E-state index contributed by atoms with van der Waals surface area (Å²) >= 11 is 0. The first-order valence-corrected chi connectivity index (χ1v) is 8.84. The average molecular weight is 394 g/mol. The minimum Gasteiger partial charge on any atom is -0.493 e. The van der Waals surface area contributed by atoms with Crippen LogP contribution >= 0.6 is 0 Å². The minimum atomic E-state index is -0.580. The van der Waals surface area contributed by atoms with Crippen LogP contribution in [0.1, 0.15) is 10.5 Å². The molecule has 0 aliphatic carbocycles. The number of benzene rings is 1. The fourth-order valence-electron chi connectivity index (χ4n) is 2.98. The summed E-state index contributed by atoms with van der Waals surface area (Å²) in [5.74, 6) is 0.535. The second-order valence-corrected chi connectivity index (χ2v) is 6.28.